The highest BCUT2D eigenvalue weighted by molar-refractivity contribution is 7.99. The number of pyridine rings is 1. The van der Waals surface area contributed by atoms with E-state index in [-0.39, 0.29) is 0 Å². The van der Waals surface area contributed by atoms with E-state index in [4.69, 9.17) is 4.98 Å². The summed E-state index contributed by atoms with van der Waals surface area (Å²) in [5.74, 6) is 3.84. The lowest BCUT2D eigenvalue weighted by Gasteiger charge is -2.28. The maximum Gasteiger partial charge on any atom is 0.133 e. The number of hydrogen-bond acceptors (Lipinski definition) is 4. The van der Waals surface area contributed by atoms with Crippen LogP contribution in [0, 0.1) is 0 Å². The van der Waals surface area contributed by atoms with Gasteiger partial charge in [-0.05, 0) is 43.3 Å². The molecule has 1 N–H and O–H groups in total. The van der Waals surface area contributed by atoms with Crippen LogP contribution < -0.4 is 10.2 Å². The zero-order chi connectivity index (χ0) is 15.0. The van der Waals surface area contributed by atoms with Crippen molar-refractivity contribution >= 4 is 17.6 Å². The smallest absolute Gasteiger partial charge is 0.133 e. The van der Waals surface area contributed by atoms with Gasteiger partial charge in [0.15, 0.2) is 0 Å². The molecule has 0 unspecified atom stereocenters. The highest BCUT2D eigenvalue weighted by Gasteiger charge is 2.16. The topological polar surface area (TPSA) is 28.2 Å². The monoisotopic (exact) mass is 319 g/mol. The van der Waals surface area contributed by atoms with Gasteiger partial charge in [0.25, 0.3) is 0 Å². The number of hydrogen-bond donors (Lipinski definition) is 1. The number of thioether (sulfide) groups is 1. The Hall–Kier alpha value is -0.740. The van der Waals surface area contributed by atoms with Gasteiger partial charge in [0.1, 0.15) is 5.82 Å². The second-order valence-electron chi connectivity index (χ2n) is 6.51. The van der Waals surface area contributed by atoms with Crippen LogP contribution in [0.25, 0.3) is 0 Å². The van der Waals surface area contributed by atoms with Gasteiger partial charge in [-0.25, -0.2) is 4.98 Å². The van der Waals surface area contributed by atoms with Gasteiger partial charge in [0, 0.05) is 37.4 Å². The normalized spacial score (nSPS) is 21.4. The summed E-state index contributed by atoms with van der Waals surface area (Å²) in [4.78, 5) is 7.24. The summed E-state index contributed by atoms with van der Waals surface area (Å²) in [5.41, 5.74) is 1.38. The maximum absolute atomic E-state index is 4.72. The van der Waals surface area contributed by atoms with E-state index in [0.29, 0.717) is 6.04 Å². The van der Waals surface area contributed by atoms with Crippen molar-refractivity contribution in [3.63, 3.8) is 0 Å². The molecule has 0 saturated carbocycles. The summed E-state index contributed by atoms with van der Waals surface area (Å²) < 4.78 is 0. The van der Waals surface area contributed by atoms with Crippen LogP contribution in [-0.2, 0) is 6.54 Å². The van der Waals surface area contributed by atoms with Crippen LogP contribution in [-0.4, -0.2) is 35.6 Å². The van der Waals surface area contributed by atoms with E-state index in [9.17, 15) is 0 Å². The van der Waals surface area contributed by atoms with Gasteiger partial charge in [0.05, 0.1) is 0 Å². The number of nitrogens with one attached hydrogen (secondary N) is 1. The van der Waals surface area contributed by atoms with Crippen molar-refractivity contribution in [2.24, 2.45) is 0 Å². The van der Waals surface area contributed by atoms with Gasteiger partial charge < -0.3 is 10.2 Å². The lowest BCUT2D eigenvalue weighted by atomic mass is 10.1. The number of aromatic nitrogens is 1. The summed E-state index contributed by atoms with van der Waals surface area (Å²) in [6.45, 7) is 3.31. The highest BCUT2D eigenvalue weighted by Crippen LogP contribution is 2.22. The molecule has 1 aromatic heterocycles. The van der Waals surface area contributed by atoms with Gasteiger partial charge in [-0.3, -0.25) is 0 Å². The molecule has 4 heteroatoms. The Morgan fingerprint density at radius 2 is 1.82 bits per heavy atom. The third-order valence-electron chi connectivity index (χ3n) is 4.83. The van der Waals surface area contributed by atoms with Crippen molar-refractivity contribution in [1.82, 2.24) is 10.3 Å². The molecule has 0 amide bonds. The predicted octanol–water partition coefficient (Wildman–Crippen LogP) is 3.84. The molecule has 2 aliphatic rings. The Kier molecular flexibility index (Phi) is 6.44. The maximum atomic E-state index is 4.72. The fraction of sp³-hybridized carbons (Fsp3) is 0.722. The second kappa shape index (κ2) is 8.78. The average Bonchev–Trinajstić information content (AvgIpc) is 2.54. The van der Waals surface area contributed by atoms with Crippen molar-refractivity contribution in [2.75, 3.05) is 29.5 Å². The van der Waals surface area contributed by atoms with Gasteiger partial charge in [-0.2, -0.15) is 11.8 Å². The van der Waals surface area contributed by atoms with Crippen molar-refractivity contribution in [3.8, 4) is 0 Å². The van der Waals surface area contributed by atoms with E-state index in [1.807, 2.05) is 6.20 Å². The molecule has 0 atom stereocenters. The number of nitrogens with zero attached hydrogens (tertiary/aromatic N) is 2. The van der Waals surface area contributed by atoms with Gasteiger partial charge in [-0.1, -0.05) is 25.3 Å². The molecule has 0 aromatic carbocycles. The quantitative estimate of drug-likeness (QED) is 0.913. The Balaban J connectivity index is 1.63. The Labute approximate surface area is 139 Å². The molecule has 0 radical (unpaired) electrons. The molecule has 0 bridgehead atoms. The van der Waals surface area contributed by atoms with Crippen LogP contribution in [0.5, 0.6) is 0 Å². The molecule has 2 aliphatic heterocycles. The third kappa shape index (κ3) is 4.63. The van der Waals surface area contributed by atoms with E-state index >= 15 is 0 Å². The first kappa shape index (κ1) is 16.1. The van der Waals surface area contributed by atoms with Crippen LogP contribution in [0.1, 0.15) is 50.5 Å². The summed E-state index contributed by atoms with van der Waals surface area (Å²) >= 11 is 2.09. The fourth-order valence-electron chi connectivity index (χ4n) is 3.47. The van der Waals surface area contributed by atoms with Crippen molar-refractivity contribution in [2.45, 2.75) is 57.5 Å². The lowest BCUT2D eigenvalue weighted by molar-refractivity contribution is 0.480. The zero-order valence-corrected chi connectivity index (χ0v) is 14.4. The van der Waals surface area contributed by atoms with Crippen LogP contribution in [0.4, 0.5) is 5.82 Å². The average molecular weight is 320 g/mol. The molecule has 0 spiro atoms. The van der Waals surface area contributed by atoms with Gasteiger partial charge >= 0.3 is 0 Å². The minimum atomic E-state index is 0.696. The largest absolute Gasteiger partial charge is 0.356 e. The SMILES string of the molecule is c1cnc(N2CCCCCCC2)c(CNC2CCSCC2)c1. The Bertz CT molecular complexity index is 438. The highest BCUT2D eigenvalue weighted by atomic mass is 32.2. The lowest BCUT2D eigenvalue weighted by Crippen LogP contribution is -2.34. The summed E-state index contributed by atoms with van der Waals surface area (Å²) in [7, 11) is 0. The molecule has 1 aromatic rings. The molecule has 3 nitrogen and oxygen atoms in total. The minimum Gasteiger partial charge on any atom is -0.356 e. The molecule has 0 aliphatic carbocycles. The van der Waals surface area contributed by atoms with Crippen molar-refractivity contribution in [1.29, 1.82) is 0 Å². The summed E-state index contributed by atoms with van der Waals surface area (Å²) in [6, 6.07) is 5.04. The van der Waals surface area contributed by atoms with E-state index in [1.54, 1.807) is 0 Å². The Morgan fingerprint density at radius 3 is 2.59 bits per heavy atom. The third-order valence-corrected chi connectivity index (χ3v) is 5.87. The van der Waals surface area contributed by atoms with Crippen LogP contribution in [0.15, 0.2) is 18.3 Å². The van der Waals surface area contributed by atoms with Crippen LogP contribution >= 0.6 is 11.8 Å². The molecule has 3 rings (SSSR count). The summed E-state index contributed by atoms with van der Waals surface area (Å²) in [5, 5.41) is 3.77. The molecule has 122 valence electrons. The van der Waals surface area contributed by atoms with E-state index in [1.165, 1.54) is 80.9 Å². The second-order valence-corrected chi connectivity index (χ2v) is 7.73. The van der Waals surface area contributed by atoms with E-state index < -0.39 is 0 Å². The van der Waals surface area contributed by atoms with Crippen LogP contribution in [0.3, 0.4) is 0 Å². The first-order chi connectivity index (χ1) is 10.9. The fourth-order valence-corrected chi connectivity index (χ4v) is 4.57. The minimum absolute atomic E-state index is 0.696. The first-order valence-corrected chi connectivity index (χ1v) is 10.1. The Morgan fingerprint density at radius 1 is 1.09 bits per heavy atom. The number of anilines is 1. The van der Waals surface area contributed by atoms with Crippen LogP contribution in [0.2, 0.25) is 0 Å². The molecular formula is C18H29N3S. The van der Waals surface area contributed by atoms with Crippen molar-refractivity contribution in [3.05, 3.63) is 23.9 Å². The standard InChI is InChI=1S/C18H29N3S/c1-2-4-11-21(12-5-3-1)18-16(7-6-10-19-18)15-20-17-8-13-22-14-9-17/h6-7,10,17,20H,1-5,8-9,11-15H2. The number of rotatable bonds is 4. The predicted molar refractivity (Wildman–Crippen MR) is 96.7 cm³/mol. The first-order valence-electron chi connectivity index (χ1n) is 8.93. The van der Waals surface area contributed by atoms with E-state index in [2.05, 4.69) is 34.1 Å². The van der Waals surface area contributed by atoms with E-state index in [0.717, 1.165) is 6.54 Å². The van der Waals surface area contributed by atoms with Crippen molar-refractivity contribution < 1.29 is 0 Å². The molecule has 2 saturated heterocycles. The molecule has 3 heterocycles. The molecule has 22 heavy (non-hydrogen) atoms. The zero-order valence-electron chi connectivity index (χ0n) is 13.6. The van der Waals surface area contributed by atoms with Gasteiger partial charge in [-0.15, -0.1) is 0 Å². The van der Waals surface area contributed by atoms with Gasteiger partial charge in [0.2, 0.25) is 0 Å². The molecule has 2 fully saturated rings. The summed E-state index contributed by atoms with van der Waals surface area (Å²) in [6.07, 6.45) is 11.3. The molecular weight excluding hydrogens is 290 g/mol.